The van der Waals surface area contributed by atoms with Gasteiger partial charge in [-0.2, -0.15) is 0 Å². The van der Waals surface area contributed by atoms with Gasteiger partial charge in [-0.3, -0.25) is 9.59 Å². The number of amides is 2. The number of rotatable bonds is 2. The van der Waals surface area contributed by atoms with E-state index in [1.807, 2.05) is 0 Å². The molecule has 2 aliphatic rings. The number of hydrogen-bond donors (Lipinski definition) is 1. The van der Waals surface area contributed by atoms with E-state index in [2.05, 4.69) is 15.3 Å². The number of dihydropyridines is 1. The van der Waals surface area contributed by atoms with E-state index in [0.717, 1.165) is 25.0 Å². The molecule has 2 heterocycles. The predicted molar refractivity (Wildman–Crippen MR) is 73.5 cm³/mol. The Bertz CT molecular complexity index is 565. The van der Waals surface area contributed by atoms with E-state index in [0.29, 0.717) is 5.13 Å². The summed E-state index contributed by atoms with van der Waals surface area (Å²) < 4.78 is 0. The van der Waals surface area contributed by atoms with Gasteiger partial charge in [-0.15, -0.1) is 11.3 Å². The van der Waals surface area contributed by atoms with Crippen LogP contribution in [0.3, 0.4) is 0 Å². The van der Waals surface area contributed by atoms with E-state index in [1.165, 1.54) is 28.8 Å². The van der Waals surface area contributed by atoms with Gasteiger partial charge in [-0.1, -0.05) is 6.08 Å². The molecular weight excluding hydrogens is 262 g/mol. The van der Waals surface area contributed by atoms with Gasteiger partial charge in [0.15, 0.2) is 5.13 Å². The molecule has 19 heavy (non-hydrogen) atoms. The van der Waals surface area contributed by atoms with Crippen molar-refractivity contribution in [3.05, 3.63) is 22.7 Å². The van der Waals surface area contributed by atoms with Crippen molar-refractivity contribution in [2.24, 2.45) is 10.9 Å². The molecular formula is C13H13N3O2S. The number of fused-ring (bicyclic) bond motifs is 1. The number of anilines is 1. The van der Waals surface area contributed by atoms with Crippen LogP contribution in [0.15, 0.2) is 17.1 Å². The van der Waals surface area contributed by atoms with Gasteiger partial charge in [0.05, 0.1) is 5.69 Å². The van der Waals surface area contributed by atoms with Crippen molar-refractivity contribution in [2.75, 3.05) is 5.32 Å². The highest BCUT2D eigenvalue weighted by atomic mass is 32.1. The molecule has 1 aromatic rings. The van der Waals surface area contributed by atoms with Crippen molar-refractivity contribution in [1.29, 1.82) is 0 Å². The minimum absolute atomic E-state index is 0.357. The van der Waals surface area contributed by atoms with Gasteiger partial charge in [0.25, 0.3) is 5.91 Å². The maximum Gasteiger partial charge on any atom is 0.262 e. The SMILES string of the molecule is O=C1N=CC=CC1C(=O)Nc1nc2c(s1)CCCC2. The molecule has 0 radical (unpaired) electrons. The van der Waals surface area contributed by atoms with Crippen molar-refractivity contribution in [3.8, 4) is 0 Å². The van der Waals surface area contributed by atoms with Gasteiger partial charge in [0.2, 0.25) is 5.91 Å². The fourth-order valence-corrected chi connectivity index (χ4v) is 3.28. The average Bonchev–Trinajstić information content (AvgIpc) is 2.81. The van der Waals surface area contributed by atoms with Gasteiger partial charge in [0.1, 0.15) is 5.92 Å². The number of aryl methyl sites for hydroxylation is 2. The molecule has 1 aromatic heterocycles. The number of thiazole rings is 1. The maximum absolute atomic E-state index is 12.0. The first-order valence-electron chi connectivity index (χ1n) is 6.28. The summed E-state index contributed by atoms with van der Waals surface area (Å²) in [4.78, 5) is 32.8. The zero-order chi connectivity index (χ0) is 13.2. The highest BCUT2D eigenvalue weighted by Crippen LogP contribution is 2.29. The lowest BCUT2D eigenvalue weighted by molar-refractivity contribution is -0.128. The zero-order valence-corrected chi connectivity index (χ0v) is 11.1. The summed E-state index contributed by atoms with van der Waals surface area (Å²) in [5.74, 6) is -1.61. The highest BCUT2D eigenvalue weighted by molar-refractivity contribution is 7.15. The number of carbonyl (C=O) groups is 2. The highest BCUT2D eigenvalue weighted by Gasteiger charge is 2.26. The molecule has 0 saturated heterocycles. The molecule has 1 N–H and O–H groups in total. The topological polar surface area (TPSA) is 71.4 Å². The number of nitrogens with one attached hydrogen (secondary N) is 1. The van der Waals surface area contributed by atoms with Crippen LogP contribution in [-0.2, 0) is 22.4 Å². The molecule has 2 amide bonds. The van der Waals surface area contributed by atoms with Gasteiger partial charge >= 0.3 is 0 Å². The monoisotopic (exact) mass is 275 g/mol. The van der Waals surface area contributed by atoms with Gasteiger partial charge in [-0.05, 0) is 31.8 Å². The zero-order valence-electron chi connectivity index (χ0n) is 10.3. The predicted octanol–water partition coefficient (Wildman–Crippen LogP) is 1.74. The summed E-state index contributed by atoms with van der Waals surface area (Å²) in [6, 6.07) is 0. The van der Waals surface area contributed by atoms with Crippen molar-refractivity contribution in [1.82, 2.24) is 4.98 Å². The van der Waals surface area contributed by atoms with Crippen molar-refractivity contribution in [3.63, 3.8) is 0 Å². The Morgan fingerprint density at radius 1 is 1.37 bits per heavy atom. The first kappa shape index (κ1) is 12.2. The number of allylic oxidation sites excluding steroid dienone is 1. The Labute approximate surface area is 114 Å². The molecule has 6 heteroatoms. The van der Waals surface area contributed by atoms with E-state index in [1.54, 1.807) is 12.2 Å². The van der Waals surface area contributed by atoms with Crippen LogP contribution in [0.1, 0.15) is 23.4 Å². The van der Waals surface area contributed by atoms with Crippen molar-refractivity contribution < 1.29 is 9.59 Å². The molecule has 1 atom stereocenters. The number of aliphatic imine (C=N–C) groups is 1. The van der Waals surface area contributed by atoms with E-state index in [9.17, 15) is 9.59 Å². The molecule has 1 aliphatic heterocycles. The molecule has 0 spiro atoms. The Morgan fingerprint density at radius 2 is 2.21 bits per heavy atom. The third-order valence-electron chi connectivity index (χ3n) is 3.22. The second-order valence-corrected chi connectivity index (χ2v) is 5.65. The standard InChI is InChI=1S/C13H13N3O2S/c17-11-8(4-3-7-14-11)12(18)16-13-15-9-5-1-2-6-10(9)19-13/h3-4,7-8H,1-2,5-6H2,(H,15,16,18). The Hall–Kier alpha value is -1.82. The molecule has 1 unspecified atom stereocenters. The lowest BCUT2D eigenvalue weighted by atomic mass is 10.0. The molecule has 3 rings (SSSR count). The lowest BCUT2D eigenvalue weighted by Gasteiger charge is -2.09. The molecule has 0 fully saturated rings. The summed E-state index contributed by atoms with van der Waals surface area (Å²) in [6.07, 6.45) is 8.92. The van der Waals surface area contributed by atoms with Gasteiger partial charge in [-0.25, -0.2) is 9.98 Å². The van der Waals surface area contributed by atoms with Crippen LogP contribution >= 0.6 is 11.3 Å². The molecule has 5 nitrogen and oxygen atoms in total. The second kappa shape index (κ2) is 5.05. The molecule has 0 bridgehead atoms. The number of aromatic nitrogens is 1. The first-order chi connectivity index (χ1) is 9.24. The van der Waals surface area contributed by atoms with E-state index >= 15 is 0 Å². The van der Waals surface area contributed by atoms with Crippen LogP contribution in [0.4, 0.5) is 5.13 Å². The summed E-state index contributed by atoms with van der Waals surface area (Å²) in [5.41, 5.74) is 1.09. The summed E-state index contributed by atoms with van der Waals surface area (Å²) in [7, 11) is 0. The smallest absolute Gasteiger partial charge is 0.262 e. The van der Waals surface area contributed by atoms with Crippen LogP contribution in [0.25, 0.3) is 0 Å². The van der Waals surface area contributed by atoms with Crippen LogP contribution in [0.5, 0.6) is 0 Å². The third kappa shape index (κ3) is 2.49. The Morgan fingerprint density at radius 3 is 3.00 bits per heavy atom. The molecule has 0 saturated carbocycles. The first-order valence-corrected chi connectivity index (χ1v) is 7.10. The van der Waals surface area contributed by atoms with Crippen LogP contribution < -0.4 is 5.32 Å². The largest absolute Gasteiger partial charge is 0.301 e. The molecule has 0 aromatic carbocycles. The quantitative estimate of drug-likeness (QED) is 0.836. The molecule has 1 aliphatic carbocycles. The van der Waals surface area contributed by atoms with E-state index in [-0.39, 0.29) is 5.91 Å². The number of nitrogens with zero attached hydrogens (tertiary/aromatic N) is 2. The minimum atomic E-state index is -0.828. The van der Waals surface area contributed by atoms with Crippen LogP contribution in [-0.4, -0.2) is 23.0 Å². The maximum atomic E-state index is 12.0. The summed E-state index contributed by atoms with van der Waals surface area (Å²) in [5, 5.41) is 3.31. The van der Waals surface area contributed by atoms with Crippen molar-refractivity contribution in [2.45, 2.75) is 25.7 Å². The van der Waals surface area contributed by atoms with Crippen molar-refractivity contribution >= 4 is 34.5 Å². The normalized spacial score (nSPS) is 21.3. The van der Waals surface area contributed by atoms with Crippen LogP contribution in [0.2, 0.25) is 0 Å². The lowest BCUT2D eigenvalue weighted by Crippen LogP contribution is -2.28. The Balaban J connectivity index is 1.72. The molecule has 98 valence electrons. The van der Waals surface area contributed by atoms with Gasteiger partial charge in [0, 0.05) is 11.1 Å². The Kier molecular flexibility index (Phi) is 3.25. The number of hydrogen-bond acceptors (Lipinski definition) is 4. The second-order valence-electron chi connectivity index (χ2n) is 4.56. The van der Waals surface area contributed by atoms with Gasteiger partial charge < -0.3 is 5.32 Å². The third-order valence-corrected chi connectivity index (χ3v) is 4.29. The summed E-state index contributed by atoms with van der Waals surface area (Å²) >= 11 is 1.51. The fraction of sp³-hybridized carbons (Fsp3) is 0.385. The summed E-state index contributed by atoms with van der Waals surface area (Å²) in [6.45, 7) is 0. The number of carbonyl (C=O) groups excluding carboxylic acids is 2. The average molecular weight is 275 g/mol. The minimum Gasteiger partial charge on any atom is -0.301 e. The fourth-order valence-electron chi connectivity index (χ4n) is 2.23. The van der Waals surface area contributed by atoms with Crippen LogP contribution in [0, 0.1) is 5.92 Å². The van der Waals surface area contributed by atoms with E-state index in [4.69, 9.17) is 0 Å². The van der Waals surface area contributed by atoms with E-state index < -0.39 is 11.8 Å².